The van der Waals surface area contributed by atoms with Crippen molar-refractivity contribution in [1.29, 1.82) is 0 Å². The topological polar surface area (TPSA) is 79.8 Å². The zero-order valence-corrected chi connectivity index (χ0v) is 12.7. The molecule has 1 amide bonds. The Hall–Kier alpha value is -2.02. The van der Waals surface area contributed by atoms with E-state index in [-0.39, 0.29) is 5.91 Å². The van der Waals surface area contributed by atoms with E-state index in [1.165, 1.54) is 12.4 Å². The van der Waals surface area contributed by atoms with Crippen LogP contribution in [0.25, 0.3) is 0 Å². The SMILES string of the molecule is CCNc1cc(C(=O)Nc2cnc(Br)cn2)cc(C)n1. The van der Waals surface area contributed by atoms with Crippen LogP contribution in [0.5, 0.6) is 0 Å². The second kappa shape index (κ2) is 6.42. The number of amides is 1. The van der Waals surface area contributed by atoms with Crippen LogP contribution in [0.3, 0.4) is 0 Å². The normalized spacial score (nSPS) is 10.2. The van der Waals surface area contributed by atoms with E-state index in [0.29, 0.717) is 21.8 Å². The van der Waals surface area contributed by atoms with Crippen LogP contribution < -0.4 is 10.6 Å². The number of hydrogen-bond donors (Lipinski definition) is 2. The summed E-state index contributed by atoms with van der Waals surface area (Å²) < 4.78 is 0.615. The Bertz CT molecular complexity index is 615. The van der Waals surface area contributed by atoms with Gasteiger partial charge in [-0.25, -0.2) is 15.0 Å². The van der Waals surface area contributed by atoms with Crippen molar-refractivity contribution in [3.8, 4) is 0 Å². The summed E-state index contributed by atoms with van der Waals surface area (Å²) in [5, 5.41) is 5.78. The molecule has 0 unspecified atom stereocenters. The van der Waals surface area contributed by atoms with Crippen LogP contribution in [0.4, 0.5) is 11.6 Å². The van der Waals surface area contributed by atoms with Crippen LogP contribution in [0.15, 0.2) is 29.1 Å². The van der Waals surface area contributed by atoms with Gasteiger partial charge in [0.05, 0.1) is 12.4 Å². The molecule has 0 aromatic carbocycles. The molecule has 0 radical (unpaired) electrons. The number of nitrogens with zero attached hydrogens (tertiary/aromatic N) is 3. The van der Waals surface area contributed by atoms with Crippen molar-refractivity contribution in [1.82, 2.24) is 15.0 Å². The van der Waals surface area contributed by atoms with Gasteiger partial charge in [-0.3, -0.25) is 4.79 Å². The summed E-state index contributed by atoms with van der Waals surface area (Å²) in [6.45, 7) is 4.56. The maximum absolute atomic E-state index is 12.2. The van der Waals surface area contributed by atoms with Gasteiger partial charge < -0.3 is 10.6 Å². The number of nitrogens with one attached hydrogen (secondary N) is 2. The second-order valence-electron chi connectivity index (χ2n) is 4.09. The van der Waals surface area contributed by atoms with Crippen molar-refractivity contribution in [3.05, 3.63) is 40.4 Å². The minimum Gasteiger partial charge on any atom is -0.370 e. The Morgan fingerprint density at radius 1 is 1.25 bits per heavy atom. The fourth-order valence-electron chi connectivity index (χ4n) is 1.64. The van der Waals surface area contributed by atoms with E-state index in [2.05, 4.69) is 41.5 Å². The van der Waals surface area contributed by atoms with Crippen LogP contribution in [0, 0.1) is 6.92 Å². The van der Waals surface area contributed by atoms with Crippen LogP contribution in [0.1, 0.15) is 23.0 Å². The molecule has 2 heterocycles. The lowest BCUT2D eigenvalue weighted by molar-refractivity contribution is 0.102. The number of aryl methyl sites for hydroxylation is 1. The Morgan fingerprint density at radius 3 is 2.70 bits per heavy atom. The maximum Gasteiger partial charge on any atom is 0.257 e. The molecule has 2 N–H and O–H groups in total. The molecule has 0 aliphatic carbocycles. The van der Waals surface area contributed by atoms with Gasteiger partial charge in [-0.2, -0.15) is 0 Å². The molecule has 0 aliphatic heterocycles. The van der Waals surface area contributed by atoms with Crippen molar-refractivity contribution in [2.75, 3.05) is 17.2 Å². The third kappa shape index (κ3) is 3.74. The lowest BCUT2D eigenvalue weighted by atomic mass is 10.2. The number of carbonyl (C=O) groups excluding carboxylic acids is 1. The van der Waals surface area contributed by atoms with Crippen molar-refractivity contribution < 1.29 is 4.79 Å². The first-order chi connectivity index (χ1) is 9.58. The molecule has 0 spiro atoms. The average molecular weight is 336 g/mol. The van der Waals surface area contributed by atoms with Gasteiger partial charge in [-0.15, -0.1) is 0 Å². The van der Waals surface area contributed by atoms with E-state index in [4.69, 9.17) is 0 Å². The molecule has 20 heavy (non-hydrogen) atoms. The Kier molecular flexibility index (Phi) is 4.62. The van der Waals surface area contributed by atoms with Gasteiger partial charge >= 0.3 is 0 Å². The van der Waals surface area contributed by atoms with Gasteiger partial charge in [-0.05, 0) is 41.9 Å². The van der Waals surface area contributed by atoms with Crippen molar-refractivity contribution in [3.63, 3.8) is 0 Å². The van der Waals surface area contributed by atoms with E-state index in [1.54, 1.807) is 12.1 Å². The number of pyridine rings is 1. The van der Waals surface area contributed by atoms with Gasteiger partial charge in [0.15, 0.2) is 5.82 Å². The summed E-state index contributed by atoms with van der Waals surface area (Å²) >= 11 is 3.19. The monoisotopic (exact) mass is 335 g/mol. The molecule has 0 saturated carbocycles. The summed E-state index contributed by atoms with van der Waals surface area (Å²) in [4.78, 5) is 24.5. The Morgan fingerprint density at radius 2 is 2.05 bits per heavy atom. The zero-order valence-electron chi connectivity index (χ0n) is 11.1. The van der Waals surface area contributed by atoms with Gasteiger partial charge in [0.2, 0.25) is 0 Å². The van der Waals surface area contributed by atoms with E-state index in [9.17, 15) is 4.79 Å². The number of aromatic nitrogens is 3. The highest BCUT2D eigenvalue weighted by molar-refractivity contribution is 9.10. The molecule has 2 rings (SSSR count). The fraction of sp³-hybridized carbons (Fsp3) is 0.231. The molecule has 2 aromatic heterocycles. The number of rotatable bonds is 4. The first-order valence-corrected chi connectivity index (χ1v) is 6.89. The lowest BCUT2D eigenvalue weighted by Gasteiger charge is -2.08. The molecule has 6 nitrogen and oxygen atoms in total. The molecule has 7 heteroatoms. The molecular weight excluding hydrogens is 322 g/mol. The van der Waals surface area contributed by atoms with E-state index in [1.807, 2.05) is 13.8 Å². The molecular formula is C13H14BrN5O. The zero-order chi connectivity index (χ0) is 14.5. The standard InChI is InChI=1S/C13H14BrN5O/c1-3-15-11-5-9(4-8(2)18-11)13(20)19-12-7-16-10(14)6-17-12/h4-7H,3H2,1-2H3,(H,15,18)(H,17,19,20). The highest BCUT2D eigenvalue weighted by Gasteiger charge is 2.09. The van der Waals surface area contributed by atoms with Crippen LogP contribution >= 0.6 is 15.9 Å². The quantitative estimate of drug-likeness (QED) is 0.897. The minimum absolute atomic E-state index is 0.244. The van der Waals surface area contributed by atoms with Crippen LogP contribution in [-0.4, -0.2) is 27.4 Å². The van der Waals surface area contributed by atoms with Crippen molar-refractivity contribution in [2.45, 2.75) is 13.8 Å². The highest BCUT2D eigenvalue weighted by atomic mass is 79.9. The average Bonchev–Trinajstić information content (AvgIpc) is 2.41. The third-order valence-electron chi connectivity index (χ3n) is 2.44. The van der Waals surface area contributed by atoms with Crippen LogP contribution in [0.2, 0.25) is 0 Å². The largest absolute Gasteiger partial charge is 0.370 e. The second-order valence-corrected chi connectivity index (χ2v) is 4.90. The summed E-state index contributed by atoms with van der Waals surface area (Å²) in [6, 6.07) is 3.43. The minimum atomic E-state index is -0.244. The highest BCUT2D eigenvalue weighted by Crippen LogP contribution is 2.12. The molecule has 2 aromatic rings. The summed E-state index contributed by atoms with van der Waals surface area (Å²) in [7, 11) is 0. The molecule has 104 valence electrons. The number of carbonyl (C=O) groups is 1. The van der Waals surface area contributed by atoms with Gasteiger partial charge in [0, 0.05) is 17.8 Å². The summed E-state index contributed by atoms with van der Waals surface area (Å²) in [5.74, 6) is 0.837. The van der Waals surface area contributed by atoms with Crippen LogP contribution in [-0.2, 0) is 0 Å². The Balaban J connectivity index is 2.18. The molecule has 0 bridgehead atoms. The van der Waals surface area contributed by atoms with Crippen molar-refractivity contribution in [2.24, 2.45) is 0 Å². The first-order valence-electron chi connectivity index (χ1n) is 6.10. The molecule has 0 saturated heterocycles. The number of anilines is 2. The summed E-state index contributed by atoms with van der Waals surface area (Å²) in [6.07, 6.45) is 3.01. The van der Waals surface area contributed by atoms with Gasteiger partial charge in [0.1, 0.15) is 10.4 Å². The van der Waals surface area contributed by atoms with Gasteiger partial charge in [-0.1, -0.05) is 0 Å². The molecule has 0 fully saturated rings. The van der Waals surface area contributed by atoms with E-state index in [0.717, 1.165) is 12.2 Å². The predicted molar refractivity (Wildman–Crippen MR) is 80.8 cm³/mol. The molecule has 0 atom stereocenters. The van der Waals surface area contributed by atoms with E-state index >= 15 is 0 Å². The number of hydrogen-bond acceptors (Lipinski definition) is 5. The van der Waals surface area contributed by atoms with Gasteiger partial charge in [0.25, 0.3) is 5.91 Å². The lowest BCUT2D eigenvalue weighted by Crippen LogP contribution is -2.14. The molecule has 0 aliphatic rings. The number of halogens is 1. The first kappa shape index (κ1) is 14.4. The summed E-state index contributed by atoms with van der Waals surface area (Å²) in [5.41, 5.74) is 1.30. The van der Waals surface area contributed by atoms with E-state index < -0.39 is 0 Å². The third-order valence-corrected chi connectivity index (χ3v) is 2.84. The van der Waals surface area contributed by atoms with Crippen molar-refractivity contribution >= 4 is 33.5 Å². The Labute approximate surface area is 125 Å². The maximum atomic E-state index is 12.2. The smallest absolute Gasteiger partial charge is 0.257 e. The fourth-order valence-corrected chi connectivity index (χ4v) is 1.84. The predicted octanol–water partition coefficient (Wildman–Crippen LogP) is 2.63.